The second-order valence-electron chi connectivity index (χ2n) is 7.56. The average Bonchev–Trinajstić information content (AvgIpc) is 3.01. The first-order valence-corrected chi connectivity index (χ1v) is 11.3. The predicted molar refractivity (Wildman–Crippen MR) is 116 cm³/mol. The Morgan fingerprint density at radius 1 is 0.852 bits per heavy atom. The molecule has 0 aliphatic rings. The van der Waals surface area contributed by atoms with Crippen LogP contribution in [0.4, 0.5) is 0 Å². The maximum atomic E-state index is 12.5. The monoisotopic (exact) mass is 389 g/mol. The van der Waals surface area contributed by atoms with Gasteiger partial charge in [-0.05, 0) is 30.8 Å². The molecule has 0 fully saturated rings. The number of carbonyl (C=O) groups excluding carboxylic acids is 1. The maximum Gasteiger partial charge on any atom is 0.276 e. The lowest BCUT2D eigenvalue weighted by Gasteiger charge is -2.04. The Bertz CT molecular complexity index is 731. The van der Waals surface area contributed by atoms with E-state index < -0.39 is 0 Å². The van der Waals surface area contributed by atoms with E-state index in [0.29, 0.717) is 12.0 Å². The molecule has 0 N–H and O–H groups in total. The van der Waals surface area contributed by atoms with Gasteiger partial charge in [0.25, 0.3) is 4.84 Å². The van der Waals surface area contributed by atoms with E-state index in [0.717, 1.165) is 18.4 Å². The molecule has 4 heteroatoms. The lowest BCUT2D eigenvalue weighted by Crippen LogP contribution is -2.09. The van der Waals surface area contributed by atoms with Crippen molar-refractivity contribution in [3.05, 3.63) is 29.1 Å². The van der Waals surface area contributed by atoms with E-state index in [1.807, 2.05) is 24.3 Å². The number of nitrogens with zero attached hydrogens (tertiary/aromatic N) is 1. The van der Waals surface area contributed by atoms with E-state index >= 15 is 0 Å². The summed E-state index contributed by atoms with van der Waals surface area (Å²) in [5.74, 6) is 0.0491. The Hall–Kier alpha value is -1.42. The summed E-state index contributed by atoms with van der Waals surface area (Å²) in [4.78, 5) is 12.7. The molecule has 0 unspecified atom stereocenters. The molecule has 0 aliphatic carbocycles. The van der Waals surface area contributed by atoms with Gasteiger partial charge in [0, 0.05) is 6.42 Å². The molecule has 150 valence electrons. The molecule has 0 spiro atoms. The van der Waals surface area contributed by atoms with Gasteiger partial charge in [0.15, 0.2) is 5.58 Å². The summed E-state index contributed by atoms with van der Waals surface area (Å²) in [6.07, 6.45) is 17.5. The molecule has 1 heterocycles. The first-order valence-electron chi connectivity index (χ1n) is 10.9. The van der Waals surface area contributed by atoms with Crippen LogP contribution in [-0.4, -0.2) is 10.5 Å². The Morgan fingerprint density at radius 2 is 1.37 bits per heavy atom. The second kappa shape index (κ2) is 12.9. The molecule has 0 radical (unpaired) electrons. The van der Waals surface area contributed by atoms with Crippen molar-refractivity contribution in [2.24, 2.45) is 0 Å². The topological polar surface area (TPSA) is 35.1 Å². The number of hydrogen-bond acceptors (Lipinski definition) is 3. The van der Waals surface area contributed by atoms with Crippen LogP contribution >= 0.6 is 12.2 Å². The molecule has 3 nitrogen and oxygen atoms in total. The van der Waals surface area contributed by atoms with Crippen LogP contribution in [0.5, 0.6) is 0 Å². The molecule has 2 aromatic rings. The minimum atomic E-state index is 0.0491. The highest BCUT2D eigenvalue weighted by Crippen LogP contribution is 2.18. The van der Waals surface area contributed by atoms with Gasteiger partial charge in [0.05, 0.1) is 5.52 Å². The normalized spacial score (nSPS) is 11.3. The summed E-state index contributed by atoms with van der Waals surface area (Å²) >= 11 is 5.21. The van der Waals surface area contributed by atoms with Crippen LogP contribution in [0.1, 0.15) is 102 Å². The van der Waals surface area contributed by atoms with E-state index in [4.69, 9.17) is 16.6 Å². The molecule has 1 aromatic carbocycles. The third-order valence-electron chi connectivity index (χ3n) is 5.23. The highest BCUT2D eigenvalue weighted by molar-refractivity contribution is 7.71. The van der Waals surface area contributed by atoms with E-state index in [2.05, 4.69) is 6.92 Å². The number of oxazole rings is 1. The highest BCUT2D eigenvalue weighted by Gasteiger charge is 2.12. The van der Waals surface area contributed by atoms with E-state index in [1.165, 1.54) is 70.6 Å². The van der Waals surface area contributed by atoms with Crippen LogP contribution in [-0.2, 0) is 0 Å². The SMILES string of the molecule is CCCCCCCCCCCCCCCC(=O)n1c(=S)oc2ccccc21. The van der Waals surface area contributed by atoms with Crippen molar-refractivity contribution in [3.8, 4) is 0 Å². The third-order valence-corrected chi connectivity index (χ3v) is 5.50. The van der Waals surface area contributed by atoms with Crippen molar-refractivity contribution >= 4 is 29.2 Å². The molecule has 0 saturated carbocycles. The first-order chi connectivity index (χ1) is 13.2. The number of aromatic nitrogens is 1. The minimum absolute atomic E-state index is 0.0491. The summed E-state index contributed by atoms with van der Waals surface area (Å²) in [7, 11) is 0. The van der Waals surface area contributed by atoms with Crippen molar-refractivity contribution in [2.75, 3.05) is 0 Å². The Morgan fingerprint density at radius 3 is 1.96 bits per heavy atom. The van der Waals surface area contributed by atoms with Crippen LogP contribution in [0.15, 0.2) is 28.7 Å². The van der Waals surface area contributed by atoms with Crippen LogP contribution in [0, 0.1) is 4.84 Å². The smallest absolute Gasteiger partial charge is 0.276 e. The largest absolute Gasteiger partial charge is 0.429 e. The van der Waals surface area contributed by atoms with Crippen LogP contribution in [0.2, 0.25) is 0 Å². The summed E-state index contributed by atoms with van der Waals surface area (Å²) in [5, 5.41) is 0. The summed E-state index contributed by atoms with van der Waals surface area (Å²) < 4.78 is 7.04. The molecule has 2 rings (SSSR count). The fourth-order valence-electron chi connectivity index (χ4n) is 3.61. The van der Waals surface area contributed by atoms with Crippen molar-refractivity contribution in [1.82, 2.24) is 4.57 Å². The predicted octanol–water partition coefficient (Wildman–Crippen LogP) is 8.09. The van der Waals surface area contributed by atoms with E-state index in [9.17, 15) is 4.79 Å². The zero-order valence-electron chi connectivity index (χ0n) is 16.9. The summed E-state index contributed by atoms with van der Waals surface area (Å²) in [6.45, 7) is 2.27. The molecule has 0 amide bonds. The Labute approximate surface area is 169 Å². The number of carbonyl (C=O) groups is 1. The standard InChI is InChI=1S/C23H35NO2S/c1-2-3-4-5-6-7-8-9-10-11-12-13-14-19-22(25)24-20-17-15-16-18-21(20)26-23(24)27/h15-18H,2-14,19H2,1H3. The summed E-state index contributed by atoms with van der Waals surface area (Å²) in [5.41, 5.74) is 1.46. The fraction of sp³-hybridized carbons (Fsp3) is 0.652. The van der Waals surface area contributed by atoms with Crippen LogP contribution in [0.3, 0.4) is 0 Å². The molecule has 0 saturated heterocycles. The molecule has 27 heavy (non-hydrogen) atoms. The maximum absolute atomic E-state index is 12.5. The van der Waals surface area contributed by atoms with Crippen LogP contribution < -0.4 is 0 Å². The van der Waals surface area contributed by atoms with Crippen molar-refractivity contribution < 1.29 is 9.21 Å². The van der Waals surface area contributed by atoms with Gasteiger partial charge in [-0.2, -0.15) is 0 Å². The van der Waals surface area contributed by atoms with Gasteiger partial charge in [0.2, 0.25) is 5.91 Å². The second-order valence-corrected chi connectivity index (χ2v) is 7.91. The van der Waals surface area contributed by atoms with E-state index in [1.54, 1.807) is 4.57 Å². The van der Waals surface area contributed by atoms with Gasteiger partial charge in [-0.25, -0.2) is 4.57 Å². The first kappa shape index (κ1) is 21.9. The molecule has 0 aliphatic heterocycles. The molecule has 0 atom stereocenters. The van der Waals surface area contributed by atoms with Crippen molar-refractivity contribution in [3.63, 3.8) is 0 Å². The number of benzene rings is 1. The van der Waals surface area contributed by atoms with Gasteiger partial charge in [0.1, 0.15) is 0 Å². The minimum Gasteiger partial charge on any atom is -0.429 e. The van der Waals surface area contributed by atoms with Gasteiger partial charge >= 0.3 is 0 Å². The number of para-hydroxylation sites is 2. The molecule has 1 aromatic heterocycles. The number of rotatable bonds is 14. The lowest BCUT2D eigenvalue weighted by atomic mass is 10.0. The van der Waals surface area contributed by atoms with Gasteiger partial charge < -0.3 is 4.42 Å². The number of unbranched alkanes of at least 4 members (excludes halogenated alkanes) is 12. The fourth-order valence-corrected chi connectivity index (χ4v) is 3.90. The molecular formula is C23H35NO2S. The molecular weight excluding hydrogens is 354 g/mol. The van der Waals surface area contributed by atoms with E-state index in [-0.39, 0.29) is 10.7 Å². The van der Waals surface area contributed by atoms with Gasteiger partial charge in [-0.3, -0.25) is 4.79 Å². The molecule has 0 bridgehead atoms. The lowest BCUT2D eigenvalue weighted by molar-refractivity contribution is 0.0898. The third kappa shape index (κ3) is 7.61. The summed E-state index contributed by atoms with van der Waals surface area (Å²) in [6, 6.07) is 7.53. The van der Waals surface area contributed by atoms with Crippen LogP contribution in [0.25, 0.3) is 11.1 Å². The van der Waals surface area contributed by atoms with Crippen molar-refractivity contribution in [2.45, 2.75) is 96.8 Å². The Balaban J connectivity index is 1.51. The number of hydrogen-bond donors (Lipinski definition) is 0. The number of fused-ring (bicyclic) bond motifs is 1. The Kier molecular flexibility index (Phi) is 10.4. The van der Waals surface area contributed by atoms with Gasteiger partial charge in [-0.1, -0.05) is 96.1 Å². The average molecular weight is 390 g/mol. The zero-order valence-corrected chi connectivity index (χ0v) is 17.7. The van der Waals surface area contributed by atoms with Gasteiger partial charge in [-0.15, -0.1) is 0 Å². The zero-order chi connectivity index (χ0) is 19.3. The quantitative estimate of drug-likeness (QED) is 0.242. The van der Waals surface area contributed by atoms with Crippen molar-refractivity contribution in [1.29, 1.82) is 0 Å². The highest BCUT2D eigenvalue weighted by atomic mass is 32.1.